The van der Waals surface area contributed by atoms with Crippen LogP contribution in [0.3, 0.4) is 0 Å². The second kappa shape index (κ2) is 9.28. The molecule has 30 heavy (non-hydrogen) atoms. The molecule has 0 unspecified atom stereocenters. The summed E-state index contributed by atoms with van der Waals surface area (Å²) in [6, 6.07) is 7.71. The van der Waals surface area contributed by atoms with Gasteiger partial charge in [-0.25, -0.2) is 9.37 Å². The lowest BCUT2D eigenvalue weighted by Gasteiger charge is -2.36. The molecule has 2 aliphatic heterocycles. The van der Waals surface area contributed by atoms with Gasteiger partial charge in [0, 0.05) is 51.0 Å². The van der Waals surface area contributed by atoms with E-state index in [1.54, 1.807) is 4.90 Å². The average molecular weight is 413 g/mol. The van der Waals surface area contributed by atoms with Gasteiger partial charge in [-0.3, -0.25) is 4.79 Å². The lowest BCUT2D eigenvalue weighted by molar-refractivity contribution is -0.133. The van der Waals surface area contributed by atoms with Gasteiger partial charge in [-0.05, 0) is 50.5 Å². The molecule has 0 spiro atoms. The number of amides is 1. The van der Waals surface area contributed by atoms with Crippen molar-refractivity contribution >= 4 is 17.7 Å². The molecule has 0 bridgehead atoms. The molecular formula is C22H28FN5O2. The summed E-state index contributed by atoms with van der Waals surface area (Å²) in [5, 5.41) is 0. The number of benzene rings is 1. The standard InChI is InChI=1S/C22H28FN5O2/c1-17-15-20(25-22(24-17)28-9-3-2-4-10-28)26-11-13-27(14-12-26)21(29)16-30-19-7-5-18(23)6-8-19/h5-8,15H,2-4,9-14,16H2,1H3. The summed E-state index contributed by atoms with van der Waals surface area (Å²) >= 11 is 0. The molecule has 0 radical (unpaired) electrons. The lowest BCUT2D eigenvalue weighted by atomic mass is 10.1. The van der Waals surface area contributed by atoms with Gasteiger partial charge in [0.05, 0.1) is 0 Å². The van der Waals surface area contributed by atoms with Gasteiger partial charge in [0.15, 0.2) is 6.61 Å². The number of aryl methyl sites for hydroxylation is 1. The number of anilines is 2. The van der Waals surface area contributed by atoms with Crippen LogP contribution in [0.2, 0.25) is 0 Å². The maximum atomic E-state index is 13.0. The van der Waals surface area contributed by atoms with E-state index < -0.39 is 0 Å². The number of halogens is 1. The van der Waals surface area contributed by atoms with Crippen LogP contribution in [0.25, 0.3) is 0 Å². The molecule has 8 heteroatoms. The first kappa shape index (κ1) is 20.4. The molecule has 4 rings (SSSR count). The maximum absolute atomic E-state index is 13.0. The van der Waals surface area contributed by atoms with Gasteiger partial charge in [0.1, 0.15) is 17.4 Å². The van der Waals surface area contributed by atoms with E-state index in [-0.39, 0.29) is 18.3 Å². The van der Waals surface area contributed by atoms with E-state index in [0.29, 0.717) is 18.8 Å². The summed E-state index contributed by atoms with van der Waals surface area (Å²) in [5.41, 5.74) is 0.965. The molecular weight excluding hydrogens is 385 g/mol. The molecule has 2 aliphatic rings. The Balaban J connectivity index is 1.32. The van der Waals surface area contributed by atoms with Crippen molar-refractivity contribution in [3.05, 3.63) is 41.8 Å². The molecule has 0 N–H and O–H groups in total. The monoisotopic (exact) mass is 413 g/mol. The topological polar surface area (TPSA) is 61.8 Å². The van der Waals surface area contributed by atoms with Gasteiger partial charge in [-0.1, -0.05) is 0 Å². The minimum absolute atomic E-state index is 0.0443. The van der Waals surface area contributed by atoms with Crippen molar-refractivity contribution in [3.63, 3.8) is 0 Å². The second-order valence-electron chi connectivity index (χ2n) is 7.83. The number of hydrogen-bond donors (Lipinski definition) is 0. The van der Waals surface area contributed by atoms with Crippen molar-refractivity contribution in [1.29, 1.82) is 0 Å². The number of carbonyl (C=O) groups is 1. The Morgan fingerprint density at radius 2 is 1.67 bits per heavy atom. The SMILES string of the molecule is Cc1cc(N2CCN(C(=O)COc3ccc(F)cc3)CC2)nc(N2CCCCC2)n1. The molecule has 0 saturated carbocycles. The third-order valence-electron chi connectivity index (χ3n) is 5.60. The van der Waals surface area contributed by atoms with Crippen molar-refractivity contribution in [3.8, 4) is 5.75 Å². The Labute approximate surface area is 176 Å². The fourth-order valence-corrected chi connectivity index (χ4v) is 3.89. The summed E-state index contributed by atoms with van der Waals surface area (Å²) in [6.45, 7) is 6.67. The summed E-state index contributed by atoms with van der Waals surface area (Å²) in [5.74, 6) is 1.85. The summed E-state index contributed by atoms with van der Waals surface area (Å²) < 4.78 is 18.5. The highest BCUT2D eigenvalue weighted by Gasteiger charge is 2.23. The van der Waals surface area contributed by atoms with Crippen LogP contribution in [-0.2, 0) is 4.79 Å². The normalized spacial score (nSPS) is 17.2. The minimum atomic E-state index is -0.326. The number of piperidine rings is 1. The molecule has 2 aromatic rings. The Bertz CT molecular complexity index is 862. The molecule has 1 aromatic heterocycles. The predicted molar refractivity (Wildman–Crippen MR) is 114 cm³/mol. The molecule has 160 valence electrons. The van der Waals surface area contributed by atoms with E-state index >= 15 is 0 Å². The van der Waals surface area contributed by atoms with Crippen molar-refractivity contribution < 1.29 is 13.9 Å². The van der Waals surface area contributed by atoms with Crippen LogP contribution in [0.15, 0.2) is 30.3 Å². The van der Waals surface area contributed by atoms with Crippen molar-refractivity contribution in [2.75, 3.05) is 55.7 Å². The first-order valence-electron chi connectivity index (χ1n) is 10.6. The molecule has 2 saturated heterocycles. The second-order valence-corrected chi connectivity index (χ2v) is 7.83. The average Bonchev–Trinajstić information content (AvgIpc) is 2.79. The largest absolute Gasteiger partial charge is 0.484 e. The van der Waals surface area contributed by atoms with Crippen molar-refractivity contribution in [2.45, 2.75) is 26.2 Å². The molecule has 0 aliphatic carbocycles. The van der Waals surface area contributed by atoms with Gasteiger partial charge in [0.2, 0.25) is 5.95 Å². The molecule has 2 fully saturated rings. The van der Waals surface area contributed by atoms with E-state index in [1.807, 2.05) is 13.0 Å². The third kappa shape index (κ3) is 4.98. The minimum Gasteiger partial charge on any atom is -0.484 e. The number of piperazine rings is 1. The number of nitrogens with zero attached hydrogens (tertiary/aromatic N) is 5. The molecule has 7 nitrogen and oxygen atoms in total. The Hall–Kier alpha value is -2.90. The third-order valence-corrected chi connectivity index (χ3v) is 5.60. The zero-order valence-corrected chi connectivity index (χ0v) is 17.4. The molecule has 3 heterocycles. The quantitative estimate of drug-likeness (QED) is 0.751. The Kier molecular flexibility index (Phi) is 6.30. The summed E-state index contributed by atoms with van der Waals surface area (Å²) in [7, 11) is 0. The van der Waals surface area contributed by atoms with E-state index in [2.05, 4.69) is 14.8 Å². The lowest BCUT2D eigenvalue weighted by Crippen LogP contribution is -2.50. The van der Waals surface area contributed by atoms with E-state index in [4.69, 9.17) is 9.72 Å². The van der Waals surface area contributed by atoms with Crippen molar-refractivity contribution in [2.24, 2.45) is 0 Å². The first-order chi connectivity index (χ1) is 14.6. The van der Waals surface area contributed by atoms with Crippen LogP contribution < -0.4 is 14.5 Å². The number of rotatable bonds is 5. The van der Waals surface area contributed by atoms with Gasteiger partial charge in [-0.2, -0.15) is 4.98 Å². The number of aromatic nitrogens is 2. The Morgan fingerprint density at radius 1 is 0.967 bits per heavy atom. The highest BCUT2D eigenvalue weighted by atomic mass is 19.1. The van der Waals surface area contributed by atoms with Crippen LogP contribution in [0, 0.1) is 12.7 Å². The van der Waals surface area contributed by atoms with Crippen LogP contribution in [-0.4, -0.2) is 66.7 Å². The van der Waals surface area contributed by atoms with Crippen LogP contribution in [0.5, 0.6) is 5.75 Å². The Morgan fingerprint density at radius 3 is 2.37 bits per heavy atom. The number of ether oxygens (including phenoxy) is 1. The molecule has 1 amide bonds. The van der Waals surface area contributed by atoms with Crippen LogP contribution in [0.1, 0.15) is 25.0 Å². The first-order valence-corrected chi connectivity index (χ1v) is 10.6. The van der Waals surface area contributed by atoms with Gasteiger partial charge < -0.3 is 19.4 Å². The van der Waals surface area contributed by atoms with Crippen molar-refractivity contribution in [1.82, 2.24) is 14.9 Å². The highest BCUT2D eigenvalue weighted by Crippen LogP contribution is 2.21. The fourth-order valence-electron chi connectivity index (χ4n) is 3.89. The number of hydrogen-bond acceptors (Lipinski definition) is 6. The molecule has 1 aromatic carbocycles. The van der Waals surface area contributed by atoms with Crippen LogP contribution in [0.4, 0.5) is 16.2 Å². The zero-order valence-electron chi connectivity index (χ0n) is 17.4. The molecule has 0 atom stereocenters. The van der Waals surface area contributed by atoms with Gasteiger partial charge in [-0.15, -0.1) is 0 Å². The van der Waals surface area contributed by atoms with E-state index in [0.717, 1.165) is 43.6 Å². The van der Waals surface area contributed by atoms with Crippen LogP contribution >= 0.6 is 0 Å². The van der Waals surface area contributed by atoms with Gasteiger partial charge in [0.25, 0.3) is 5.91 Å². The summed E-state index contributed by atoms with van der Waals surface area (Å²) in [6.07, 6.45) is 3.65. The maximum Gasteiger partial charge on any atom is 0.260 e. The number of carbonyl (C=O) groups excluding carboxylic acids is 1. The zero-order chi connectivity index (χ0) is 20.9. The van der Waals surface area contributed by atoms with E-state index in [9.17, 15) is 9.18 Å². The highest BCUT2D eigenvalue weighted by molar-refractivity contribution is 5.78. The van der Waals surface area contributed by atoms with Gasteiger partial charge >= 0.3 is 0 Å². The summed E-state index contributed by atoms with van der Waals surface area (Å²) in [4.78, 5) is 28.2. The van der Waals surface area contributed by atoms with E-state index in [1.165, 1.54) is 43.5 Å². The fraction of sp³-hybridized carbons (Fsp3) is 0.500. The predicted octanol–water partition coefficient (Wildman–Crippen LogP) is 2.64. The smallest absolute Gasteiger partial charge is 0.260 e.